The van der Waals surface area contributed by atoms with Crippen molar-refractivity contribution >= 4 is 32.1 Å². The fourth-order valence-corrected chi connectivity index (χ4v) is 4.49. The Hall–Kier alpha value is -2.56. The van der Waals surface area contributed by atoms with Gasteiger partial charge in [-0.25, -0.2) is 4.99 Å². The predicted octanol–water partition coefficient (Wildman–Crippen LogP) is -0.527. The highest BCUT2D eigenvalue weighted by atomic mass is 28.3. The number of rotatable bonds is 8. The van der Waals surface area contributed by atoms with Gasteiger partial charge in [0, 0.05) is 24.6 Å². The van der Waals surface area contributed by atoms with E-state index in [0.717, 1.165) is 12.5 Å². The lowest BCUT2D eigenvalue weighted by Crippen LogP contribution is -2.56. The Kier molecular flexibility index (Phi) is 6.22. The lowest BCUT2D eigenvalue weighted by atomic mass is 10.2. The number of aliphatic hydroxyl groups excluding tert-OH is 2. The van der Waals surface area contributed by atoms with Crippen LogP contribution in [0, 0.1) is 0 Å². The first-order valence-corrected chi connectivity index (χ1v) is 12.3. The number of aliphatic imine (C=N–C) groups is 2. The van der Waals surface area contributed by atoms with E-state index >= 15 is 0 Å². The first kappa shape index (κ1) is 20.2. The van der Waals surface area contributed by atoms with Crippen molar-refractivity contribution in [3.63, 3.8) is 0 Å². The first-order valence-electron chi connectivity index (χ1n) is 9.21. The minimum absolute atomic E-state index is 0.0388. The highest BCUT2D eigenvalue weighted by molar-refractivity contribution is 6.78. The SMILES string of the molecule is C[Si](CO)(CO)CCCN1C=NC2C(=O)NC(NC(=O)c3ccccc3)N=C21. The maximum absolute atomic E-state index is 12.3. The Morgan fingerprint density at radius 1 is 1.29 bits per heavy atom. The van der Waals surface area contributed by atoms with E-state index in [4.69, 9.17) is 0 Å². The second-order valence-electron chi connectivity index (χ2n) is 7.33. The molecule has 2 heterocycles. The molecule has 0 fully saturated rings. The Bertz CT molecular complexity index is 781. The molecule has 0 bridgehead atoms. The molecule has 2 atom stereocenters. The fraction of sp³-hybridized carbons (Fsp3) is 0.444. The van der Waals surface area contributed by atoms with Crippen LogP contribution in [0.3, 0.4) is 0 Å². The van der Waals surface area contributed by atoms with Gasteiger partial charge in [0.2, 0.25) is 6.29 Å². The number of nitrogens with one attached hydrogen (secondary N) is 2. The highest BCUT2D eigenvalue weighted by Gasteiger charge is 2.38. The molecule has 0 radical (unpaired) electrons. The van der Waals surface area contributed by atoms with Gasteiger partial charge in [-0.3, -0.25) is 14.6 Å². The second kappa shape index (κ2) is 8.63. The largest absolute Gasteiger partial charge is 0.400 e. The van der Waals surface area contributed by atoms with E-state index in [2.05, 4.69) is 20.6 Å². The third-order valence-corrected chi connectivity index (χ3v) is 8.02. The number of amides is 2. The van der Waals surface area contributed by atoms with Crippen molar-refractivity contribution in [2.24, 2.45) is 9.98 Å². The molecule has 1 aromatic carbocycles. The van der Waals surface area contributed by atoms with Gasteiger partial charge >= 0.3 is 0 Å². The van der Waals surface area contributed by atoms with Crippen LogP contribution in [0.15, 0.2) is 40.3 Å². The molecule has 9 nitrogen and oxygen atoms in total. The van der Waals surface area contributed by atoms with Crippen LogP contribution in [0.5, 0.6) is 0 Å². The van der Waals surface area contributed by atoms with Gasteiger partial charge in [0.15, 0.2) is 6.04 Å². The molecule has 0 spiro atoms. The summed E-state index contributed by atoms with van der Waals surface area (Å²) in [4.78, 5) is 35.1. The van der Waals surface area contributed by atoms with Crippen LogP contribution in [0.25, 0.3) is 0 Å². The van der Waals surface area contributed by atoms with Crippen LogP contribution in [-0.2, 0) is 4.79 Å². The normalized spacial score (nSPS) is 21.2. The lowest BCUT2D eigenvalue weighted by Gasteiger charge is -2.28. The maximum Gasteiger partial charge on any atom is 0.255 e. The molecular formula is C18H25N5O4Si. The van der Waals surface area contributed by atoms with Crippen LogP contribution >= 0.6 is 0 Å². The summed E-state index contributed by atoms with van der Waals surface area (Å²) in [6, 6.07) is 8.76. The number of carbonyl (C=O) groups is 2. The van der Waals surface area contributed by atoms with Gasteiger partial charge in [0.05, 0.1) is 6.34 Å². The zero-order chi connectivity index (χ0) is 20.1. The van der Waals surface area contributed by atoms with Gasteiger partial charge in [-0.2, -0.15) is 0 Å². The van der Waals surface area contributed by atoms with Gasteiger partial charge in [-0.1, -0.05) is 30.8 Å². The van der Waals surface area contributed by atoms with E-state index in [1.165, 1.54) is 0 Å². The third kappa shape index (κ3) is 4.46. The van der Waals surface area contributed by atoms with Gasteiger partial charge in [-0.05, 0) is 18.6 Å². The van der Waals surface area contributed by atoms with Gasteiger partial charge in [0.25, 0.3) is 11.8 Å². The number of nitrogens with zero attached hydrogens (tertiary/aromatic N) is 3. The average Bonchev–Trinajstić information content (AvgIpc) is 3.12. The molecule has 2 aliphatic rings. The number of hydrogen-bond acceptors (Lipinski definition) is 7. The van der Waals surface area contributed by atoms with Crippen LogP contribution in [-0.4, -0.2) is 78.5 Å². The van der Waals surface area contributed by atoms with E-state index in [1.54, 1.807) is 35.5 Å². The molecule has 2 aliphatic heterocycles. The van der Waals surface area contributed by atoms with E-state index in [1.807, 2.05) is 12.6 Å². The summed E-state index contributed by atoms with van der Waals surface area (Å²) in [7, 11) is -2.04. The minimum Gasteiger partial charge on any atom is -0.400 e. The minimum atomic E-state index is -2.04. The number of fused-ring (bicyclic) bond motifs is 1. The van der Waals surface area contributed by atoms with E-state index in [9.17, 15) is 19.8 Å². The third-order valence-electron chi connectivity index (χ3n) is 4.93. The van der Waals surface area contributed by atoms with Crippen LogP contribution < -0.4 is 10.6 Å². The molecule has 3 rings (SSSR count). The molecule has 4 N–H and O–H groups in total. The Labute approximate surface area is 164 Å². The summed E-state index contributed by atoms with van der Waals surface area (Å²) in [5, 5.41) is 24.3. The summed E-state index contributed by atoms with van der Waals surface area (Å²) in [5.74, 6) is -0.141. The Morgan fingerprint density at radius 2 is 2.00 bits per heavy atom. The zero-order valence-corrected chi connectivity index (χ0v) is 16.7. The topological polar surface area (TPSA) is 127 Å². The van der Waals surface area contributed by atoms with Crippen LogP contribution in [0.4, 0.5) is 0 Å². The van der Waals surface area contributed by atoms with Crippen molar-refractivity contribution < 1.29 is 19.8 Å². The molecule has 0 aliphatic carbocycles. The van der Waals surface area contributed by atoms with Gasteiger partial charge < -0.3 is 25.7 Å². The number of carbonyl (C=O) groups excluding carboxylic acids is 2. The van der Waals surface area contributed by atoms with Gasteiger partial charge in [0.1, 0.15) is 13.9 Å². The average molecular weight is 404 g/mol. The molecule has 150 valence electrons. The number of benzene rings is 1. The van der Waals surface area contributed by atoms with Crippen molar-refractivity contribution in [2.75, 3.05) is 19.0 Å². The first-order chi connectivity index (χ1) is 13.5. The Balaban J connectivity index is 1.64. The smallest absolute Gasteiger partial charge is 0.255 e. The lowest BCUT2D eigenvalue weighted by molar-refractivity contribution is -0.122. The summed E-state index contributed by atoms with van der Waals surface area (Å²) in [6.07, 6.45) is 1.55. The van der Waals surface area contributed by atoms with Crippen molar-refractivity contribution in [3.8, 4) is 0 Å². The molecule has 0 saturated carbocycles. The molecule has 2 amide bonds. The monoisotopic (exact) mass is 403 g/mol. The molecule has 28 heavy (non-hydrogen) atoms. The maximum atomic E-state index is 12.3. The van der Waals surface area contributed by atoms with Crippen molar-refractivity contribution in [1.82, 2.24) is 15.5 Å². The van der Waals surface area contributed by atoms with Crippen LogP contribution in [0.1, 0.15) is 16.8 Å². The fourth-order valence-electron chi connectivity index (χ4n) is 3.06. The molecule has 0 saturated heterocycles. The van der Waals surface area contributed by atoms with Crippen molar-refractivity contribution in [2.45, 2.75) is 31.3 Å². The summed E-state index contributed by atoms with van der Waals surface area (Å²) >= 11 is 0. The number of aliphatic hydroxyl groups is 2. The number of hydrogen-bond donors (Lipinski definition) is 4. The van der Waals surface area contributed by atoms with Crippen molar-refractivity contribution in [1.29, 1.82) is 0 Å². The summed E-state index contributed by atoms with van der Waals surface area (Å²) in [5.41, 5.74) is 0.482. The number of amidine groups is 1. The molecular weight excluding hydrogens is 378 g/mol. The van der Waals surface area contributed by atoms with E-state index < -0.39 is 20.4 Å². The quantitative estimate of drug-likeness (QED) is 0.434. The second-order valence-corrected chi connectivity index (χ2v) is 12.1. The van der Waals surface area contributed by atoms with Crippen LogP contribution in [0.2, 0.25) is 12.6 Å². The summed E-state index contributed by atoms with van der Waals surface area (Å²) in [6.45, 7) is 2.53. The Morgan fingerprint density at radius 3 is 2.68 bits per heavy atom. The molecule has 0 aromatic heterocycles. The summed E-state index contributed by atoms with van der Waals surface area (Å²) < 4.78 is 0. The van der Waals surface area contributed by atoms with Crippen molar-refractivity contribution in [3.05, 3.63) is 35.9 Å². The molecule has 2 unspecified atom stereocenters. The zero-order valence-electron chi connectivity index (χ0n) is 15.7. The van der Waals surface area contributed by atoms with Gasteiger partial charge in [-0.15, -0.1) is 0 Å². The highest BCUT2D eigenvalue weighted by Crippen LogP contribution is 2.17. The molecule has 1 aromatic rings. The van der Waals surface area contributed by atoms with E-state index in [0.29, 0.717) is 17.9 Å². The predicted molar refractivity (Wildman–Crippen MR) is 107 cm³/mol. The standard InChI is InChI=1S/C18H25N5O4Si/c1-28(11-24,12-25)9-5-8-23-10-19-14-15(23)20-18(22-17(14)27)21-16(26)13-6-3-2-4-7-13/h2-4,6-7,10,14,18,24-25H,5,8-9,11-12H2,1H3,(H,21,26)(H,22,27). The molecule has 10 heteroatoms. The van der Waals surface area contributed by atoms with E-state index in [-0.39, 0.29) is 24.3 Å².